The molecule has 3 heteroatoms. The Bertz CT molecular complexity index is 521. The molecule has 1 atom stereocenters. The van der Waals surface area contributed by atoms with E-state index in [9.17, 15) is 0 Å². The Labute approximate surface area is 114 Å². The first kappa shape index (κ1) is 12.5. The van der Waals surface area contributed by atoms with Crippen molar-refractivity contribution in [3.63, 3.8) is 0 Å². The van der Waals surface area contributed by atoms with Crippen LogP contribution in [0, 0.1) is 0 Å². The van der Waals surface area contributed by atoms with E-state index in [1.807, 2.05) is 6.07 Å². The highest BCUT2D eigenvalue weighted by Gasteiger charge is 2.24. The molecule has 3 nitrogen and oxygen atoms in total. The van der Waals surface area contributed by atoms with Gasteiger partial charge in [-0.2, -0.15) is 0 Å². The zero-order valence-corrected chi connectivity index (χ0v) is 11.1. The summed E-state index contributed by atoms with van der Waals surface area (Å²) >= 11 is 0. The van der Waals surface area contributed by atoms with Crippen molar-refractivity contribution in [2.45, 2.75) is 25.4 Å². The molecule has 2 aromatic rings. The Morgan fingerprint density at radius 1 is 1.21 bits per heavy atom. The predicted octanol–water partition coefficient (Wildman–Crippen LogP) is 2.73. The first-order valence-electron chi connectivity index (χ1n) is 6.89. The SMILES string of the molecule is NCc1ccoc1CN1CCC(c2ccccc2)C1. The van der Waals surface area contributed by atoms with Crippen LogP contribution in [0.4, 0.5) is 0 Å². The lowest BCUT2D eigenvalue weighted by Gasteiger charge is -2.15. The van der Waals surface area contributed by atoms with Crippen molar-refractivity contribution in [3.8, 4) is 0 Å². The average Bonchev–Trinajstić information content (AvgIpc) is 3.09. The van der Waals surface area contributed by atoms with E-state index in [1.165, 1.54) is 12.0 Å². The minimum absolute atomic E-state index is 0.557. The molecular formula is C16H20N2O. The summed E-state index contributed by atoms with van der Waals surface area (Å²) in [5.41, 5.74) is 8.28. The first-order valence-corrected chi connectivity index (χ1v) is 6.89. The molecule has 1 saturated heterocycles. The van der Waals surface area contributed by atoms with Crippen LogP contribution in [0.5, 0.6) is 0 Å². The third-order valence-corrected chi connectivity index (χ3v) is 3.97. The van der Waals surface area contributed by atoms with Crippen LogP contribution < -0.4 is 5.73 Å². The Morgan fingerprint density at radius 2 is 2.05 bits per heavy atom. The molecule has 0 spiro atoms. The molecule has 1 aliphatic heterocycles. The predicted molar refractivity (Wildman–Crippen MR) is 75.7 cm³/mol. The van der Waals surface area contributed by atoms with E-state index < -0.39 is 0 Å². The lowest BCUT2D eigenvalue weighted by Crippen LogP contribution is -2.20. The van der Waals surface area contributed by atoms with Crippen LogP contribution in [0.2, 0.25) is 0 Å². The maximum Gasteiger partial charge on any atom is 0.122 e. The number of hydrogen-bond acceptors (Lipinski definition) is 3. The second kappa shape index (κ2) is 5.59. The van der Waals surface area contributed by atoms with Gasteiger partial charge in [-0.3, -0.25) is 4.90 Å². The van der Waals surface area contributed by atoms with Crippen molar-refractivity contribution >= 4 is 0 Å². The molecule has 0 amide bonds. The van der Waals surface area contributed by atoms with Crippen LogP contribution in [0.1, 0.15) is 29.2 Å². The van der Waals surface area contributed by atoms with Gasteiger partial charge in [-0.25, -0.2) is 0 Å². The Morgan fingerprint density at radius 3 is 2.84 bits per heavy atom. The number of hydrogen-bond donors (Lipinski definition) is 1. The molecule has 1 unspecified atom stereocenters. The van der Waals surface area contributed by atoms with Gasteiger partial charge in [0.05, 0.1) is 12.8 Å². The monoisotopic (exact) mass is 256 g/mol. The van der Waals surface area contributed by atoms with Crippen molar-refractivity contribution in [2.75, 3.05) is 13.1 Å². The minimum Gasteiger partial charge on any atom is -0.468 e. The fourth-order valence-electron chi connectivity index (χ4n) is 2.86. The quantitative estimate of drug-likeness (QED) is 0.914. The molecule has 1 aliphatic rings. The maximum absolute atomic E-state index is 5.71. The highest BCUT2D eigenvalue weighted by molar-refractivity contribution is 5.22. The molecule has 0 bridgehead atoms. The molecule has 0 aliphatic carbocycles. The van der Waals surface area contributed by atoms with E-state index in [1.54, 1.807) is 6.26 Å². The second-order valence-electron chi connectivity index (χ2n) is 5.20. The molecule has 2 N–H and O–H groups in total. The zero-order valence-electron chi connectivity index (χ0n) is 11.1. The van der Waals surface area contributed by atoms with E-state index in [0.717, 1.165) is 31.0 Å². The molecule has 1 aromatic heterocycles. The Hall–Kier alpha value is -1.58. The van der Waals surface area contributed by atoms with Crippen LogP contribution in [-0.4, -0.2) is 18.0 Å². The average molecular weight is 256 g/mol. The van der Waals surface area contributed by atoms with Crippen LogP contribution in [0.15, 0.2) is 47.1 Å². The summed E-state index contributed by atoms with van der Waals surface area (Å²) in [6.45, 7) is 3.67. The van der Waals surface area contributed by atoms with E-state index in [0.29, 0.717) is 12.5 Å². The lowest BCUT2D eigenvalue weighted by molar-refractivity contribution is 0.292. The van der Waals surface area contributed by atoms with Gasteiger partial charge in [-0.1, -0.05) is 30.3 Å². The molecule has 1 aromatic carbocycles. The lowest BCUT2D eigenvalue weighted by atomic mass is 9.99. The van der Waals surface area contributed by atoms with Gasteiger partial charge in [0.25, 0.3) is 0 Å². The standard InChI is InChI=1S/C16H20N2O/c17-10-14-7-9-19-16(14)12-18-8-6-15(11-18)13-4-2-1-3-5-13/h1-5,7,9,15H,6,8,10-12,17H2. The van der Waals surface area contributed by atoms with Crippen LogP contribution >= 0.6 is 0 Å². The number of furan rings is 1. The van der Waals surface area contributed by atoms with E-state index >= 15 is 0 Å². The second-order valence-corrected chi connectivity index (χ2v) is 5.20. The van der Waals surface area contributed by atoms with E-state index in [-0.39, 0.29) is 0 Å². The molecule has 0 radical (unpaired) electrons. The third kappa shape index (κ3) is 2.72. The molecule has 2 heterocycles. The van der Waals surface area contributed by atoms with Gasteiger partial charge in [-0.15, -0.1) is 0 Å². The van der Waals surface area contributed by atoms with Gasteiger partial charge in [0.2, 0.25) is 0 Å². The molecule has 3 rings (SSSR count). The summed E-state index contributed by atoms with van der Waals surface area (Å²) in [5.74, 6) is 1.67. The number of nitrogens with two attached hydrogens (primary N) is 1. The number of rotatable bonds is 4. The summed E-state index contributed by atoms with van der Waals surface area (Å²) in [7, 11) is 0. The molecule has 1 fully saturated rings. The molecule has 19 heavy (non-hydrogen) atoms. The van der Waals surface area contributed by atoms with Gasteiger partial charge in [0.15, 0.2) is 0 Å². The van der Waals surface area contributed by atoms with Crippen molar-refractivity contribution in [3.05, 3.63) is 59.5 Å². The molecule has 100 valence electrons. The fraction of sp³-hybridized carbons (Fsp3) is 0.375. The summed E-state index contributed by atoms with van der Waals surface area (Å²) in [5, 5.41) is 0. The third-order valence-electron chi connectivity index (χ3n) is 3.97. The normalized spacial score (nSPS) is 19.9. The summed E-state index contributed by atoms with van der Waals surface area (Å²) < 4.78 is 5.54. The van der Waals surface area contributed by atoms with Crippen LogP contribution in [0.25, 0.3) is 0 Å². The first-order chi connectivity index (χ1) is 9.36. The number of nitrogens with zero attached hydrogens (tertiary/aromatic N) is 1. The van der Waals surface area contributed by atoms with Crippen LogP contribution in [0.3, 0.4) is 0 Å². The summed E-state index contributed by atoms with van der Waals surface area (Å²) in [6, 6.07) is 12.7. The number of benzene rings is 1. The van der Waals surface area contributed by atoms with Crippen molar-refractivity contribution < 1.29 is 4.42 Å². The van der Waals surface area contributed by atoms with Gasteiger partial charge < -0.3 is 10.2 Å². The largest absolute Gasteiger partial charge is 0.468 e. The van der Waals surface area contributed by atoms with Crippen molar-refractivity contribution in [2.24, 2.45) is 5.73 Å². The van der Waals surface area contributed by atoms with Crippen molar-refractivity contribution in [1.29, 1.82) is 0 Å². The van der Waals surface area contributed by atoms with Gasteiger partial charge >= 0.3 is 0 Å². The summed E-state index contributed by atoms with van der Waals surface area (Å²) in [6.07, 6.45) is 2.96. The van der Waals surface area contributed by atoms with E-state index in [4.69, 9.17) is 10.2 Å². The van der Waals surface area contributed by atoms with Crippen molar-refractivity contribution in [1.82, 2.24) is 4.90 Å². The topological polar surface area (TPSA) is 42.4 Å². The van der Waals surface area contributed by atoms with E-state index in [2.05, 4.69) is 35.2 Å². The minimum atomic E-state index is 0.557. The smallest absolute Gasteiger partial charge is 0.122 e. The highest BCUT2D eigenvalue weighted by atomic mass is 16.3. The van der Waals surface area contributed by atoms with Gasteiger partial charge in [0.1, 0.15) is 5.76 Å². The Balaban J connectivity index is 1.63. The Kier molecular flexibility index (Phi) is 3.67. The van der Waals surface area contributed by atoms with Gasteiger partial charge in [-0.05, 0) is 30.5 Å². The number of likely N-dealkylation sites (tertiary alicyclic amines) is 1. The fourth-order valence-corrected chi connectivity index (χ4v) is 2.86. The maximum atomic E-state index is 5.71. The van der Waals surface area contributed by atoms with Gasteiger partial charge in [0, 0.05) is 18.7 Å². The zero-order chi connectivity index (χ0) is 13.1. The molecular weight excluding hydrogens is 236 g/mol. The highest BCUT2D eigenvalue weighted by Crippen LogP contribution is 2.28. The molecule has 0 saturated carbocycles. The van der Waals surface area contributed by atoms with Crippen LogP contribution in [-0.2, 0) is 13.1 Å². The summed E-state index contributed by atoms with van der Waals surface area (Å²) in [4.78, 5) is 2.45.